The number of nitrogens with two attached hydrogens (primary N) is 1. The number of amides is 1. The van der Waals surface area contributed by atoms with Crippen molar-refractivity contribution in [1.82, 2.24) is 0 Å². The molecule has 0 atom stereocenters. The zero-order valence-corrected chi connectivity index (χ0v) is 8.00. The summed E-state index contributed by atoms with van der Waals surface area (Å²) in [5.74, 6) is -1.77. The number of halogens is 2. The first-order valence-corrected chi connectivity index (χ1v) is 4.39. The van der Waals surface area contributed by atoms with Crippen LogP contribution in [0.3, 0.4) is 0 Å². The average Bonchev–Trinajstić information content (AvgIpc) is 2.14. The number of ether oxygens (including phenoxy) is 1. The van der Waals surface area contributed by atoms with Crippen molar-refractivity contribution < 1.29 is 18.3 Å². The second-order valence-electron chi connectivity index (χ2n) is 3.00. The van der Waals surface area contributed by atoms with Crippen molar-refractivity contribution in [3.63, 3.8) is 0 Å². The number of benzene rings is 1. The van der Waals surface area contributed by atoms with Crippen LogP contribution in [0, 0.1) is 11.6 Å². The molecule has 0 aliphatic rings. The van der Waals surface area contributed by atoms with Crippen molar-refractivity contribution in [2.24, 2.45) is 5.73 Å². The molecule has 2 N–H and O–H groups in total. The minimum atomic E-state index is -0.658. The molecule has 15 heavy (non-hydrogen) atoms. The van der Waals surface area contributed by atoms with Gasteiger partial charge in [0.25, 0.3) is 0 Å². The lowest BCUT2D eigenvalue weighted by Gasteiger charge is -2.04. The van der Waals surface area contributed by atoms with E-state index in [9.17, 15) is 13.6 Å². The smallest absolute Gasteiger partial charge is 0.219 e. The topological polar surface area (TPSA) is 52.3 Å². The van der Waals surface area contributed by atoms with E-state index in [-0.39, 0.29) is 25.2 Å². The highest BCUT2D eigenvalue weighted by Crippen LogP contribution is 2.10. The van der Waals surface area contributed by atoms with Crippen LogP contribution in [0.15, 0.2) is 18.2 Å². The monoisotopic (exact) mass is 215 g/mol. The van der Waals surface area contributed by atoms with Crippen molar-refractivity contribution in [3.05, 3.63) is 35.4 Å². The lowest BCUT2D eigenvalue weighted by atomic mass is 10.2. The fourth-order valence-corrected chi connectivity index (χ4v) is 0.994. The molecule has 1 aromatic rings. The molecule has 0 bridgehead atoms. The first-order chi connectivity index (χ1) is 7.09. The molecular formula is C10H11F2NO2. The minimum absolute atomic E-state index is 0.000602. The van der Waals surface area contributed by atoms with Gasteiger partial charge in [-0.05, 0) is 6.07 Å². The van der Waals surface area contributed by atoms with Crippen LogP contribution >= 0.6 is 0 Å². The Balaban J connectivity index is 2.40. The molecule has 5 heteroatoms. The van der Waals surface area contributed by atoms with Crippen LogP contribution in [0.4, 0.5) is 8.78 Å². The molecule has 0 heterocycles. The summed E-state index contributed by atoms with van der Waals surface area (Å²) in [5, 5.41) is 0. The molecule has 82 valence electrons. The maximum Gasteiger partial charge on any atom is 0.219 e. The maximum atomic E-state index is 13.0. The Bertz CT molecular complexity index is 355. The highest BCUT2D eigenvalue weighted by Gasteiger charge is 2.03. The van der Waals surface area contributed by atoms with Crippen LogP contribution in [0.25, 0.3) is 0 Å². The van der Waals surface area contributed by atoms with Crippen LogP contribution in [-0.2, 0) is 16.1 Å². The second-order valence-corrected chi connectivity index (χ2v) is 3.00. The summed E-state index contributed by atoms with van der Waals surface area (Å²) >= 11 is 0. The van der Waals surface area contributed by atoms with E-state index >= 15 is 0 Å². The highest BCUT2D eigenvalue weighted by molar-refractivity contribution is 5.73. The summed E-state index contributed by atoms with van der Waals surface area (Å²) in [4.78, 5) is 10.3. The van der Waals surface area contributed by atoms with Crippen molar-refractivity contribution in [2.75, 3.05) is 6.61 Å². The molecule has 0 radical (unpaired) electrons. The Hall–Kier alpha value is -1.49. The molecule has 0 unspecified atom stereocenters. The fourth-order valence-electron chi connectivity index (χ4n) is 0.994. The summed E-state index contributed by atoms with van der Waals surface area (Å²) in [6.07, 6.45) is 0.0861. The van der Waals surface area contributed by atoms with Gasteiger partial charge in [0.1, 0.15) is 11.6 Å². The van der Waals surface area contributed by atoms with Gasteiger partial charge in [0.05, 0.1) is 13.2 Å². The lowest BCUT2D eigenvalue weighted by molar-refractivity contribution is -0.119. The van der Waals surface area contributed by atoms with Gasteiger partial charge in [0.15, 0.2) is 0 Å². The van der Waals surface area contributed by atoms with Crippen LogP contribution in [0.2, 0.25) is 0 Å². The molecule has 0 aliphatic carbocycles. The molecule has 3 nitrogen and oxygen atoms in total. The maximum absolute atomic E-state index is 13.0. The molecule has 0 aliphatic heterocycles. The third kappa shape index (κ3) is 4.03. The summed E-state index contributed by atoms with van der Waals surface area (Å²) in [6.45, 7) is 0.130. The molecule has 1 rings (SSSR count). The standard InChI is InChI=1S/C10H11F2NO2/c11-8-2-1-7(9(12)5-8)6-15-4-3-10(13)14/h1-2,5H,3-4,6H2,(H2,13,14). The number of primary amides is 1. The van der Waals surface area contributed by atoms with E-state index in [1.54, 1.807) is 0 Å². The van der Waals surface area contributed by atoms with Gasteiger partial charge in [0.2, 0.25) is 5.91 Å². The quantitative estimate of drug-likeness (QED) is 0.754. The van der Waals surface area contributed by atoms with Crippen molar-refractivity contribution in [2.45, 2.75) is 13.0 Å². The molecule has 0 spiro atoms. The Morgan fingerprint density at radius 1 is 1.40 bits per heavy atom. The number of hydrogen-bond donors (Lipinski definition) is 1. The Kier molecular flexibility index (Phi) is 4.17. The van der Waals surface area contributed by atoms with E-state index in [2.05, 4.69) is 0 Å². The molecule has 0 aromatic heterocycles. The fraction of sp³-hybridized carbons (Fsp3) is 0.300. The number of carbonyl (C=O) groups is 1. The highest BCUT2D eigenvalue weighted by atomic mass is 19.1. The van der Waals surface area contributed by atoms with Gasteiger partial charge in [-0.1, -0.05) is 6.07 Å². The Morgan fingerprint density at radius 3 is 2.73 bits per heavy atom. The van der Waals surface area contributed by atoms with Gasteiger partial charge in [-0.2, -0.15) is 0 Å². The SMILES string of the molecule is NC(=O)CCOCc1ccc(F)cc1F. The third-order valence-corrected chi connectivity index (χ3v) is 1.77. The molecule has 0 saturated carbocycles. The van der Waals surface area contributed by atoms with Gasteiger partial charge in [-0.25, -0.2) is 8.78 Å². The number of hydrogen-bond acceptors (Lipinski definition) is 2. The Morgan fingerprint density at radius 2 is 2.13 bits per heavy atom. The summed E-state index contributed by atoms with van der Waals surface area (Å²) in [7, 11) is 0. The summed E-state index contributed by atoms with van der Waals surface area (Å²) in [6, 6.07) is 3.23. The van der Waals surface area contributed by atoms with Gasteiger partial charge < -0.3 is 10.5 Å². The Labute approximate surface area is 85.8 Å². The van der Waals surface area contributed by atoms with Crippen LogP contribution in [-0.4, -0.2) is 12.5 Å². The van der Waals surface area contributed by atoms with Crippen LogP contribution < -0.4 is 5.73 Å². The third-order valence-electron chi connectivity index (χ3n) is 1.77. The molecule has 0 saturated heterocycles. The van der Waals surface area contributed by atoms with Crippen LogP contribution in [0.5, 0.6) is 0 Å². The van der Waals surface area contributed by atoms with E-state index in [1.807, 2.05) is 0 Å². The van der Waals surface area contributed by atoms with Crippen molar-refractivity contribution in [1.29, 1.82) is 0 Å². The summed E-state index contributed by atoms with van der Waals surface area (Å²) in [5.41, 5.74) is 5.13. The predicted octanol–water partition coefficient (Wildman–Crippen LogP) is 1.36. The molecule has 1 aromatic carbocycles. The van der Waals surface area contributed by atoms with Gasteiger partial charge >= 0.3 is 0 Å². The van der Waals surface area contributed by atoms with Crippen molar-refractivity contribution >= 4 is 5.91 Å². The van der Waals surface area contributed by atoms with E-state index in [1.165, 1.54) is 6.07 Å². The van der Waals surface area contributed by atoms with Gasteiger partial charge in [-0.3, -0.25) is 4.79 Å². The van der Waals surface area contributed by atoms with Crippen molar-refractivity contribution in [3.8, 4) is 0 Å². The minimum Gasteiger partial charge on any atom is -0.376 e. The predicted molar refractivity (Wildman–Crippen MR) is 49.8 cm³/mol. The zero-order chi connectivity index (χ0) is 11.3. The van der Waals surface area contributed by atoms with E-state index in [0.717, 1.165) is 12.1 Å². The van der Waals surface area contributed by atoms with Gasteiger partial charge in [-0.15, -0.1) is 0 Å². The first kappa shape index (κ1) is 11.6. The number of rotatable bonds is 5. The van der Waals surface area contributed by atoms with Gasteiger partial charge in [0, 0.05) is 18.1 Å². The number of carbonyl (C=O) groups excluding carboxylic acids is 1. The average molecular weight is 215 g/mol. The molecular weight excluding hydrogens is 204 g/mol. The lowest BCUT2D eigenvalue weighted by Crippen LogP contribution is -2.13. The van der Waals surface area contributed by atoms with E-state index in [0.29, 0.717) is 0 Å². The second kappa shape index (κ2) is 5.41. The molecule has 0 fully saturated rings. The normalized spacial score (nSPS) is 10.3. The largest absolute Gasteiger partial charge is 0.376 e. The molecule has 1 amide bonds. The first-order valence-electron chi connectivity index (χ1n) is 4.39. The summed E-state index contributed by atoms with van der Waals surface area (Å²) < 4.78 is 30.5. The van der Waals surface area contributed by atoms with Crippen LogP contribution in [0.1, 0.15) is 12.0 Å². The van der Waals surface area contributed by atoms with E-state index in [4.69, 9.17) is 10.5 Å². The van der Waals surface area contributed by atoms with E-state index < -0.39 is 17.5 Å². The zero-order valence-electron chi connectivity index (χ0n) is 8.00.